The fourth-order valence-electron chi connectivity index (χ4n) is 1.90. The third-order valence-corrected chi connectivity index (χ3v) is 3.74. The number of halogens is 2. The van der Waals surface area contributed by atoms with E-state index in [2.05, 4.69) is 17.2 Å². The highest BCUT2D eigenvalue weighted by Gasteiger charge is 2.08. The number of nitrogens with zero attached hydrogens (tertiary/aromatic N) is 1. The first-order valence-corrected chi connectivity index (χ1v) is 7.15. The van der Waals surface area contributed by atoms with Gasteiger partial charge in [-0.25, -0.2) is 0 Å². The number of hydrogen-bond donors (Lipinski definition) is 1. The van der Waals surface area contributed by atoms with E-state index in [1.807, 2.05) is 19.2 Å². The highest BCUT2D eigenvalue weighted by atomic mass is 35.5. The van der Waals surface area contributed by atoms with Gasteiger partial charge in [-0.1, -0.05) is 30.1 Å². The van der Waals surface area contributed by atoms with Crippen LogP contribution >= 0.6 is 23.2 Å². The quantitative estimate of drug-likeness (QED) is 0.857. The van der Waals surface area contributed by atoms with Crippen LogP contribution in [-0.2, 0) is 0 Å². The Hall–Kier alpha value is -1.29. The molecule has 1 aromatic heterocycles. The van der Waals surface area contributed by atoms with Crippen LogP contribution in [0.3, 0.4) is 0 Å². The maximum atomic E-state index is 5.95. The second-order valence-electron chi connectivity index (χ2n) is 4.35. The summed E-state index contributed by atoms with van der Waals surface area (Å²) in [5.41, 5.74) is 0.997. The lowest BCUT2D eigenvalue weighted by Crippen LogP contribution is -2.16. The Morgan fingerprint density at radius 3 is 2.45 bits per heavy atom. The van der Waals surface area contributed by atoms with E-state index in [1.54, 1.807) is 24.4 Å². The molecule has 1 heterocycles. The molecule has 1 N–H and O–H groups in total. The van der Waals surface area contributed by atoms with Crippen LogP contribution in [0.1, 0.15) is 25.1 Å². The van der Waals surface area contributed by atoms with E-state index in [9.17, 15) is 0 Å². The summed E-state index contributed by atoms with van der Waals surface area (Å²) in [5.74, 6) is 1.30. The monoisotopic (exact) mass is 310 g/mol. The van der Waals surface area contributed by atoms with Gasteiger partial charge in [0, 0.05) is 12.1 Å². The van der Waals surface area contributed by atoms with Gasteiger partial charge in [-0.3, -0.25) is 4.98 Å². The van der Waals surface area contributed by atoms with Crippen LogP contribution in [0.15, 0.2) is 36.5 Å². The minimum absolute atomic E-state index is 0.258. The molecule has 5 heteroatoms. The van der Waals surface area contributed by atoms with Gasteiger partial charge in [0.1, 0.15) is 11.5 Å². The van der Waals surface area contributed by atoms with E-state index < -0.39 is 0 Å². The molecule has 0 amide bonds. The minimum Gasteiger partial charge on any atom is -0.456 e. The van der Waals surface area contributed by atoms with Gasteiger partial charge in [-0.15, -0.1) is 0 Å². The molecular weight excluding hydrogens is 295 g/mol. The molecule has 0 bridgehead atoms. The van der Waals surface area contributed by atoms with Gasteiger partial charge in [0.05, 0.1) is 21.9 Å². The Kier molecular flexibility index (Phi) is 5.24. The molecule has 0 radical (unpaired) electrons. The van der Waals surface area contributed by atoms with E-state index >= 15 is 0 Å². The predicted molar refractivity (Wildman–Crippen MR) is 82.9 cm³/mol. The molecule has 0 aliphatic carbocycles. The highest BCUT2D eigenvalue weighted by molar-refractivity contribution is 6.42. The number of nitrogens with one attached hydrogen (secondary N) is 1. The zero-order chi connectivity index (χ0) is 14.5. The summed E-state index contributed by atoms with van der Waals surface area (Å²) in [4.78, 5) is 4.41. The molecule has 0 saturated carbocycles. The molecule has 106 valence electrons. The smallest absolute Gasteiger partial charge is 0.145 e. The van der Waals surface area contributed by atoms with Crippen LogP contribution in [0.5, 0.6) is 11.5 Å². The molecule has 3 nitrogen and oxygen atoms in total. The van der Waals surface area contributed by atoms with Crippen molar-refractivity contribution in [2.24, 2.45) is 0 Å². The lowest BCUT2D eigenvalue weighted by atomic mass is 10.1. The van der Waals surface area contributed by atoms with Gasteiger partial charge < -0.3 is 10.1 Å². The van der Waals surface area contributed by atoms with E-state index in [-0.39, 0.29) is 6.04 Å². The second-order valence-corrected chi connectivity index (χ2v) is 5.16. The topological polar surface area (TPSA) is 34.1 Å². The van der Waals surface area contributed by atoms with Crippen molar-refractivity contribution in [3.63, 3.8) is 0 Å². The van der Waals surface area contributed by atoms with Crippen molar-refractivity contribution >= 4 is 23.2 Å². The van der Waals surface area contributed by atoms with Gasteiger partial charge in [-0.05, 0) is 37.7 Å². The van der Waals surface area contributed by atoms with Crippen molar-refractivity contribution in [2.75, 3.05) is 7.05 Å². The van der Waals surface area contributed by atoms with Gasteiger partial charge >= 0.3 is 0 Å². The van der Waals surface area contributed by atoms with Gasteiger partial charge in [0.2, 0.25) is 0 Å². The first kappa shape index (κ1) is 15.1. The van der Waals surface area contributed by atoms with E-state index in [4.69, 9.17) is 27.9 Å². The van der Waals surface area contributed by atoms with E-state index in [0.717, 1.165) is 12.1 Å². The molecule has 2 rings (SSSR count). The van der Waals surface area contributed by atoms with Crippen LogP contribution in [-0.4, -0.2) is 12.0 Å². The summed E-state index contributed by atoms with van der Waals surface area (Å²) >= 11 is 11.8. The number of hydrogen-bond acceptors (Lipinski definition) is 3. The number of aromatic nitrogens is 1. The van der Waals surface area contributed by atoms with Crippen LogP contribution < -0.4 is 10.1 Å². The normalized spacial score (nSPS) is 12.2. The predicted octanol–water partition coefficient (Wildman–Crippen LogP) is 4.85. The summed E-state index contributed by atoms with van der Waals surface area (Å²) in [6, 6.07) is 9.26. The average molecular weight is 311 g/mol. The molecule has 1 aromatic carbocycles. The van der Waals surface area contributed by atoms with Crippen LogP contribution in [0.2, 0.25) is 10.0 Å². The van der Waals surface area contributed by atoms with Crippen molar-refractivity contribution in [3.05, 3.63) is 52.3 Å². The van der Waals surface area contributed by atoms with Crippen LogP contribution in [0, 0.1) is 0 Å². The Morgan fingerprint density at radius 1 is 1.15 bits per heavy atom. The van der Waals surface area contributed by atoms with Crippen molar-refractivity contribution in [1.29, 1.82) is 0 Å². The van der Waals surface area contributed by atoms with Gasteiger partial charge in [0.15, 0.2) is 0 Å². The summed E-state index contributed by atoms with van der Waals surface area (Å²) in [6.45, 7) is 2.11. The first-order chi connectivity index (χ1) is 9.63. The second kappa shape index (κ2) is 6.93. The summed E-state index contributed by atoms with van der Waals surface area (Å²) in [5, 5.41) is 4.19. The summed E-state index contributed by atoms with van der Waals surface area (Å²) in [6.07, 6.45) is 2.69. The van der Waals surface area contributed by atoms with Gasteiger partial charge in [0.25, 0.3) is 0 Å². The molecule has 0 fully saturated rings. The Bertz CT molecular complexity index is 569. The molecule has 0 spiro atoms. The number of benzene rings is 1. The molecule has 1 unspecified atom stereocenters. The standard InChI is InChI=1S/C15H16Cl2N2O/c1-3-14(18-2)15-7-5-11(9-19-15)20-10-4-6-12(16)13(17)8-10/h4-9,14,18H,3H2,1-2H3. The van der Waals surface area contributed by atoms with Crippen LogP contribution in [0.4, 0.5) is 0 Å². The van der Waals surface area contributed by atoms with Crippen molar-refractivity contribution < 1.29 is 4.74 Å². The third kappa shape index (κ3) is 3.63. The largest absolute Gasteiger partial charge is 0.456 e. The molecule has 2 aromatic rings. The molecule has 0 aliphatic heterocycles. The number of ether oxygens (including phenoxy) is 1. The molecular formula is C15H16Cl2N2O. The van der Waals surface area contributed by atoms with E-state index in [0.29, 0.717) is 21.5 Å². The van der Waals surface area contributed by atoms with E-state index in [1.165, 1.54) is 0 Å². The molecule has 0 saturated heterocycles. The SMILES string of the molecule is CCC(NC)c1ccc(Oc2ccc(Cl)c(Cl)c2)cn1. The Balaban J connectivity index is 2.12. The van der Waals surface area contributed by atoms with Crippen molar-refractivity contribution in [2.45, 2.75) is 19.4 Å². The lowest BCUT2D eigenvalue weighted by molar-refractivity contribution is 0.477. The molecule has 0 aliphatic rings. The summed E-state index contributed by atoms with van der Waals surface area (Å²) < 4.78 is 5.69. The third-order valence-electron chi connectivity index (χ3n) is 3.00. The lowest BCUT2D eigenvalue weighted by Gasteiger charge is -2.13. The molecule has 1 atom stereocenters. The maximum absolute atomic E-state index is 5.95. The first-order valence-electron chi connectivity index (χ1n) is 6.40. The van der Waals surface area contributed by atoms with Crippen molar-refractivity contribution in [3.8, 4) is 11.5 Å². The van der Waals surface area contributed by atoms with Crippen molar-refractivity contribution in [1.82, 2.24) is 10.3 Å². The highest BCUT2D eigenvalue weighted by Crippen LogP contribution is 2.29. The van der Waals surface area contributed by atoms with Gasteiger partial charge in [-0.2, -0.15) is 0 Å². The number of rotatable bonds is 5. The Morgan fingerprint density at radius 2 is 1.90 bits per heavy atom. The minimum atomic E-state index is 0.258. The fourth-order valence-corrected chi connectivity index (χ4v) is 2.18. The fraction of sp³-hybridized carbons (Fsp3) is 0.267. The zero-order valence-electron chi connectivity index (χ0n) is 11.4. The van der Waals surface area contributed by atoms with Crippen LogP contribution in [0.25, 0.3) is 0 Å². The maximum Gasteiger partial charge on any atom is 0.145 e. The Labute approximate surface area is 128 Å². The number of pyridine rings is 1. The summed E-state index contributed by atoms with van der Waals surface area (Å²) in [7, 11) is 1.93. The zero-order valence-corrected chi connectivity index (χ0v) is 12.9. The average Bonchev–Trinajstić information content (AvgIpc) is 2.46. The molecule has 20 heavy (non-hydrogen) atoms.